The number of hydrogen-bond acceptors (Lipinski definition) is 1. The van der Waals surface area contributed by atoms with Gasteiger partial charge in [0.15, 0.2) is 0 Å². The van der Waals surface area contributed by atoms with Crippen LogP contribution in [0.15, 0.2) is 65.7 Å². The molecule has 0 unspecified atom stereocenters. The van der Waals surface area contributed by atoms with E-state index in [1.807, 2.05) is 6.21 Å². The predicted octanol–water partition coefficient (Wildman–Crippen LogP) is 5.82. The van der Waals surface area contributed by atoms with Gasteiger partial charge in [-0.15, -0.1) is 0 Å². The lowest BCUT2D eigenvalue weighted by Crippen LogP contribution is -2.04. The van der Waals surface area contributed by atoms with E-state index in [1.54, 1.807) is 0 Å². The van der Waals surface area contributed by atoms with Crippen LogP contribution in [0.1, 0.15) is 27.8 Å². The van der Waals surface area contributed by atoms with Crippen LogP contribution in [0.3, 0.4) is 0 Å². The minimum Gasteiger partial charge on any atom is -0.256 e. The maximum absolute atomic E-state index is 4.60. The molecule has 0 saturated carbocycles. The van der Waals surface area contributed by atoms with Gasteiger partial charge in [-0.05, 0) is 72.7 Å². The number of nitrogens with zero attached hydrogens (tertiary/aromatic N) is 1. The number of rotatable bonds is 2. The van der Waals surface area contributed by atoms with E-state index in [2.05, 4.69) is 79.5 Å². The van der Waals surface area contributed by atoms with Crippen molar-refractivity contribution in [2.75, 3.05) is 0 Å². The van der Waals surface area contributed by atoms with E-state index in [-0.39, 0.29) is 0 Å². The van der Waals surface area contributed by atoms with Crippen molar-refractivity contribution in [1.29, 1.82) is 0 Å². The van der Waals surface area contributed by atoms with Crippen LogP contribution in [0, 0.1) is 13.8 Å². The molecular weight excluding hydrogens is 290 g/mol. The van der Waals surface area contributed by atoms with E-state index in [0.717, 1.165) is 18.5 Å². The molecule has 118 valence electrons. The third-order valence-corrected chi connectivity index (χ3v) is 4.74. The summed E-state index contributed by atoms with van der Waals surface area (Å²) in [6, 6.07) is 21.8. The van der Waals surface area contributed by atoms with Crippen LogP contribution in [0.5, 0.6) is 0 Å². The monoisotopic (exact) mass is 311 g/mol. The minimum absolute atomic E-state index is 0.999. The van der Waals surface area contributed by atoms with E-state index in [0.29, 0.717) is 0 Å². The van der Waals surface area contributed by atoms with Crippen molar-refractivity contribution in [3.63, 3.8) is 0 Å². The molecule has 0 aromatic heterocycles. The highest BCUT2D eigenvalue weighted by Crippen LogP contribution is 2.34. The maximum atomic E-state index is 4.60. The Morgan fingerprint density at radius 2 is 1.33 bits per heavy atom. The maximum Gasteiger partial charge on any atom is 0.0630 e. The molecule has 0 amide bonds. The van der Waals surface area contributed by atoms with Crippen LogP contribution in [0.25, 0.3) is 11.1 Å². The van der Waals surface area contributed by atoms with Crippen molar-refractivity contribution >= 4 is 11.9 Å². The van der Waals surface area contributed by atoms with Crippen molar-refractivity contribution in [2.45, 2.75) is 26.7 Å². The molecule has 0 N–H and O–H groups in total. The highest BCUT2D eigenvalue weighted by atomic mass is 14.7. The van der Waals surface area contributed by atoms with E-state index < -0.39 is 0 Å². The molecule has 0 fully saturated rings. The van der Waals surface area contributed by atoms with E-state index in [9.17, 15) is 0 Å². The van der Waals surface area contributed by atoms with Crippen molar-refractivity contribution in [2.24, 2.45) is 4.99 Å². The largest absolute Gasteiger partial charge is 0.256 e. The van der Waals surface area contributed by atoms with Gasteiger partial charge in [0.2, 0.25) is 0 Å². The lowest BCUT2D eigenvalue weighted by Gasteiger charge is -2.20. The molecule has 1 aliphatic carbocycles. The van der Waals surface area contributed by atoms with Gasteiger partial charge in [0, 0.05) is 6.21 Å². The fourth-order valence-electron chi connectivity index (χ4n) is 3.40. The van der Waals surface area contributed by atoms with Crippen LogP contribution < -0.4 is 0 Å². The summed E-state index contributed by atoms with van der Waals surface area (Å²) in [6.45, 7) is 4.26. The fourth-order valence-corrected chi connectivity index (χ4v) is 3.40. The van der Waals surface area contributed by atoms with Gasteiger partial charge in [0.25, 0.3) is 0 Å². The summed E-state index contributed by atoms with van der Waals surface area (Å²) in [5, 5.41) is 0. The number of benzene rings is 3. The van der Waals surface area contributed by atoms with Gasteiger partial charge in [0.05, 0.1) is 5.69 Å². The van der Waals surface area contributed by atoms with Crippen LogP contribution >= 0.6 is 0 Å². The third kappa shape index (κ3) is 2.90. The lowest BCUT2D eigenvalue weighted by molar-refractivity contribution is 0.939. The minimum atomic E-state index is 0.999. The smallest absolute Gasteiger partial charge is 0.0630 e. The van der Waals surface area contributed by atoms with E-state index in [4.69, 9.17) is 0 Å². The zero-order valence-electron chi connectivity index (χ0n) is 14.2. The van der Waals surface area contributed by atoms with Gasteiger partial charge in [-0.2, -0.15) is 0 Å². The summed E-state index contributed by atoms with van der Waals surface area (Å²) < 4.78 is 0. The van der Waals surface area contributed by atoms with Gasteiger partial charge < -0.3 is 0 Å². The first kappa shape index (κ1) is 14.9. The number of aliphatic imine (C=N–C) groups is 1. The Labute approximate surface area is 143 Å². The molecule has 0 bridgehead atoms. The summed E-state index contributed by atoms with van der Waals surface area (Å²) in [5.74, 6) is 0. The third-order valence-electron chi connectivity index (χ3n) is 4.74. The zero-order chi connectivity index (χ0) is 16.5. The van der Waals surface area contributed by atoms with E-state index in [1.165, 1.54) is 38.9 Å². The Morgan fingerprint density at radius 1 is 0.708 bits per heavy atom. The van der Waals surface area contributed by atoms with E-state index >= 15 is 0 Å². The van der Waals surface area contributed by atoms with Gasteiger partial charge in [-0.1, -0.05) is 53.6 Å². The quantitative estimate of drug-likeness (QED) is 0.529. The molecule has 1 aliphatic rings. The number of aryl methyl sites for hydroxylation is 4. The predicted molar refractivity (Wildman–Crippen MR) is 102 cm³/mol. The molecule has 3 aromatic rings. The van der Waals surface area contributed by atoms with Gasteiger partial charge in [0.1, 0.15) is 0 Å². The molecule has 0 radical (unpaired) electrons. The first-order chi connectivity index (χ1) is 11.7. The second-order valence-corrected chi connectivity index (χ2v) is 6.67. The van der Waals surface area contributed by atoms with Crippen molar-refractivity contribution < 1.29 is 0 Å². The molecule has 0 heterocycles. The summed E-state index contributed by atoms with van der Waals surface area (Å²) >= 11 is 0. The number of fused-ring (bicyclic) bond motifs is 3. The van der Waals surface area contributed by atoms with Gasteiger partial charge in [-0.25, -0.2) is 0 Å². The SMILES string of the molecule is Cc1ccc(N=Cc2ccc3c(c2)CCc2cc(C)ccc2-3)cc1. The fraction of sp³-hybridized carbons (Fsp3) is 0.174. The summed E-state index contributed by atoms with van der Waals surface area (Å²) in [5.41, 5.74) is 10.5. The van der Waals surface area contributed by atoms with Crippen LogP contribution in [0.4, 0.5) is 5.69 Å². The average Bonchev–Trinajstić information content (AvgIpc) is 2.60. The van der Waals surface area contributed by atoms with Crippen LogP contribution in [-0.4, -0.2) is 6.21 Å². The standard InChI is InChI=1S/C23H21N/c1-16-3-9-21(10-4-16)24-15-18-6-12-23-20(14-18)8-7-19-13-17(2)5-11-22(19)23/h3-6,9-15H,7-8H2,1-2H3. The topological polar surface area (TPSA) is 12.4 Å². The van der Waals surface area contributed by atoms with Crippen LogP contribution in [0.2, 0.25) is 0 Å². The Hall–Kier alpha value is -2.67. The second-order valence-electron chi connectivity index (χ2n) is 6.67. The zero-order valence-corrected chi connectivity index (χ0v) is 14.2. The Kier molecular flexibility index (Phi) is 3.78. The Bertz CT molecular complexity index is 917. The van der Waals surface area contributed by atoms with Crippen LogP contribution in [-0.2, 0) is 12.8 Å². The molecule has 0 spiro atoms. The molecule has 24 heavy (non-hydrogen) atoms. The Balaban J connectivity index is 1.65. The molecular formula is C23H21N. The Morgan fingerprint density at radius 3 is 2.08 bits per heavy atom. The van der Waals surface area contributed by atoms with Gasteiger partial charge in [-0.3, -0.25) is 4.99 Å². The summed E-state index contributed by atoms with van der Waals surface area (Å²) in [7, 11) is 0. The molecule has 0 aliphatic heterocycles. The average molecular weight is 311 g/mol. The molecule has 0 atom stereocenters. The summed E-state index contributed by atoms with van der Waals surface area (Å²) in [6.07, 6.45) is 4.20. The normalized spacial score (nSPS) is 12.9. The molecule has 1 heteroatoms. The molecule has 1 nitrogen and oxygen atoms in total. The van der Waals surface area contributed by atoms with Gasteiger partial charge >= 0.3 is 0 Å². The highest BCUT2D eigenvalue weighted by Gasteiger charge is 2.15. The summed E-state index contributed by atoms with van der Waals surface area (Å²) in [4.78, 5) is 4.60. The van der Waals surface area contributed by atoms with Crippen molar-refractivity contribution in [3.8, 4) is 11.1 Å². The van der Waals surface area contributed by atoms with Crippen molar-refractivity contribution in [3.05, 3.63) is 88.5 Å². The molecule has 0 saturated heterocycles. The first-order valence-corrected chi connectivity index (χ1v) is 8.53. The first-order valence-electron chi connectivity index (χ1n) is 8.53. The second kappa shape index (κ2) is 6.09. The highest BCUT2D eigenvalue weighted by molar-refractivity contribution is 5.85. The number of hydrogen-bond donors (Lipinski definition) is 0. The molecule has 4 rings (SSSR count). The molecule has 3 aromatic carbocycles. The lowest BCUT2D eigenvalue weighted by atomic mass is 9.84. The van der Waals surface area contributed by atoms with Crippen molar-refractivity contribution in [1.82, 2.24) is 0 Å².